The summed E-state index contributed by atoms with van der Waals surface area (Å²) in [5.74, 6) is -1.11. The Morgan fingerprint density at radius 2 is 2.17 bits per heavy atom. The van der Waals surface area contributed by atoms with Crippen LogP contribution in [-0.4, -0.2) is 21.2 Å². The second-order valence-electron chi connectivity index (χ2n) is 3.52. The molecular weight excluding hydrogens is 274 g/mol. The van der Waals surface area contributed by atoms with Crippen LogP contribution >= 0.6 is 23.4 Å². The number of carboxylic acids is 1. The highest BCUT2D eigenvalue weighted by atomic mass is 35.5. The monoisotopic (exact) mass is 282 g/mol. The van der Waals surface area contributed by atoms with E-state index in [2.05, 4.69) is 15.2 Å². The number of aliphatic carboxylic acids is 1. The maximum Gasteiger partial charge on any atom is 0.183 e. The highest BCUT2D eigenvalue weighted by molar-refractivity contribution is 7.99. The molecule has 0 aliphatic rings. The molecule has 18 heavy (non-hydrogen) atoms. The zero-order valence-electron chi connectivity index (χ0n) is 9.17. The molecule has 0 fully saturated rings. The van der Waals surface area contributed by atoms with Crippen molar-refractivity contribution in [3.05, 3.63) is 41.2 Å². The van der Waals surface area contributed by atoms with Crippen LogP contribution in [0, 0.1) is 0 Å². The number of halogens is 1. The molecule has 2 rings (SSSR count). The summed E-state index contributed by atoms with van der Waals surface area (Å²) in [6.07, 6.45) is 1.27. The normalized spacial score (nSPS) is 12.3. The number of carbonyl (C=O) groups excluding carboxylic acids is 1. The van der Waals surface area contributed by atoms with E-state index in [0.29, 0.717) is 10.2 Å². The van der Waals surface area contributed by atoms with Gasteiger partial charge in [0.05, 0.1) is 0 Å². The molecule has 0 spiro atoms. The van der Waals surface area contributed by atoms with Gasteiger partial charge in [0.2, 0.25) is 0 Å². The number of carboxylic acid groups (broad SMARTS) is 1. The van der Waals surface area contributed by atoms with Crippen molar-refractivity contribution in [2.75, 3.05) is 0 Å². The van der Waals surface area contributed by atoms with E-state index in [1.165, 1.54) is 18.1 Å². The predicted molar refractivity (Wildman–Crippen MR) is 66.1 cm³/mol. The minimum Gasteiger partial charge on any atom is -0.550 e. The Balaban J connectivity index is 2.19. The Kier molecular flexibility index (Phi) is 4.22. The van der Waals surface area contributed by atoms with Crippen molar-refractivity contribution in [1.29, 1.82) is 0 Å². The third-order valence-corrected chi connectivity index (χ3v) is 3.64. The van der Waals surface area contributed by atoms with Gasteiger partial charge in [0, 0.05) is 22.7 Å². The largest absolute Gasteiger partial charge is 0.550 e. The van der Waals surface area contributed by atoms with E-state index < -0.39 is 5.97 Å². The number of rotatable bonds is 5. The first-order valence-corrected chi connectivity index (χ1v) is 6.38. The molecule has 1 atom stereocenters. The molecule has 0 saturated carbocycles. The Hall–Kier alpha value is -1.53. The molecule has 0 amide bonds. The summed E-state index contributed by atoms with van der Waals surface area (Å²) in [4.78, 5) is 14.7. The van der Waals surface area contributed by atoms with Gasteiger partial charge in [0.15, 0.2) is 5.16 Å². The fraction of sp³-hybridized carbons (Fsp3) is 0.182. The number of carbonyl (C=O) groups is 1. The molecule has 0 saturated heterocycles. The minimum atomic E-state index is -1.11. The number of benzene rings is 1. The molecule has 1 unspecified atom stereocenters. The first-order valence-electron chi connectivity index (χ1n) is 5.12. The lowest BCUT2D eigenvalue weighted by molar-refractivity contribution is -0.305. The number of hydrogen-bond donors (Lipinski definition) is 1. The van der Waals surface area contributed by atoms with Crippen LogP contribution in [0.2, 0.25) is 5.02 Å². The molecule has 1 heterocycles. The zero-order chi connectivity index (χ0) is 13.0. The molecule has 0 aliphatic heterocycles. The van der Waals surface area contributed by atoms with Crippen molar-refractivity contribution < 1.29 is 9.90 Å². The molecule has 1 aromatic heterocycles. The van der Waals surface area contributed by atoms with Gasteiger partial charge in [-0.05, 0) is 17.7 Å². The van der Waals surface area contributed by atoms with Gasteiger partial charge in [0.25, 0.3) is 0 Å². The molecule has 0 radical (unpaired) electrons. The fourth-order valence-corrected chi connectivity index (χ4v) is 2.56. The Labute approximate surface area is 113 Å². The molecule has 5 nitrogen and oxygen atoms in total. The van der Waals surface area contributed by atoms with Crippen LogP contribution in [0.1, 0.15) is 17.2 Å². The molecule has 1 aromatic carbocycles. The number of nitrogens with one attached hydrogen (secondary N) is 1. The average Bonchev–Trinajstić information content (AvgIpc) is 2.81. The van der Waals surface area contributed by atoms with Crippen molar-refractivity contribution in [3.8, 4) is 0 Å². The lowest BCUT2D eigenvalue weighted by Crippen LogP contribution is -2.23. The second kappa shape index (κ2) is 5.88. The highest BCUT2D eigenvalue weighted by Gasteiger charge is 2.15. The number of nitrogens with zero attached hydrogens (tertiary/aromatic N) is 2. The van der Waals surface area contributed by atoms with Crippen molar-refractivity contribution in [2.24, 2.45) is 0 Å². The number of hydrogen-bond acceptors (Lipinski definition) is 5. The van der Waals surface area contributed by atoms with Crippen molar-refractivity contribution in [3.63, 3.8) is 0 Å². The van der Waals surface area contributed by atoms with Crippen molar-refractivity contribution in [1.82, 2.24) is 15.2 Å². The Bertz CT molecular complexity index is 516. The van der Waals surface area contributed by atoms with Crippen molar-refractivity contribution in [2.45, 2.75) is 16.8 Å². The first kappa shape index (κ1) is 12.9. The smallest absolute Gasteiger partial charge is 0.183 e. The lowest BCUT2D eigenvalue weighted by Gasteiger charge is -2.16. The van der Waals surface area contributed by atoms with Gasteiger partial charge in [0.1, 0.15) is 6.33 Å². The van der Waals surface area contributed by atoms with E-state index in [1.807, 2.05) is 0 Å². The van der Waals surface area contributed by atoms with Gasteiger partial charge < -0.3 is 9.90 Å². The van der Waals surface area contributed by atoms with E-state index in [4.69, 9.17) is 11.6 Å². The van der Waals surface area contributed by atoms with Gasteiger partial charge in [-0.3, -0.25) is 5.10 Å². The van der Waals surface area contributed by atoms with Crippen molar-refractivity contribution >= 4 is 29.3 Å². The van der Waals surface area contributed by atoms with E-state index >= 15 is 0 Å². The molecule has 7 heteroatoms. The summed E-state index contributed by atoms with van der Waals surface area (Å²) >= 11 is 7.09. The maximum absolute atomic E-state index is 10.8. The molecule has 2 aromatic rings. The number of H-pyrrole nitrogens is 1. The fourth-order valence-electron chi connectivity index (χ4n) is 1.44. The minimum absolute atomic E-state index is 0.104. The van der Waals surface area contributed by atoms with Crippen LogP contribution in [0.4, 0.5) is 0 Å². The topological polar surface area (TPSA) is 81.7 Å². The van der Waals surface area contributed by atoms with Gasteiger partial charge in [-0.2, -0.15) is 5.10 Å². The van der Waals surface area contributed by atoms with Crippen LogP contribution in [0.15, 0.2) is 35.7 Å². The number of aromatic nitrogens is 3. The second-order valence-corrected chi connectivity index (χ2v) is 5.15. The van der Waals surface area contributed by atoms with Crippen LogP contribution in [-0.2, 0) is 4.79 Å². The standard InChI is InChI=1S/C11H10ClN3O2S/c12-8-3-1-7(2-4-8)9(5-10(16)17)18-11-13-6-14-15-11/h1-4,6,9H,5H2,(H,16,17)(H,13,14,15)/p-1. The molecule has 0 bridgehead atoms. The van der Waals surface area contributed by atoms with E-state index in [1.54, 1.807) is 24.3 Å². The number of thioether (sulfide) groups is 1. The average molecular weight is 283 g/mol. The summed E-state index contributed by atoms with van der Waals surface area (Å²) in [7, 11) is 0. The van der Waals surface area contributed by atoms with E-state index in [9.17, 15) is 9.90 Å². The number of aromatic amines is 1. The Morgan fingerprint density at radius 1 is 1.44 bits per heavy atom. The maximum atomic E-state index is 10.8. The van der Waals surface area contributed by atoms with Gasteiger partial charge in [-0.1, -0.05) is 35.5 Å². The van der Waals surface area contributed by atoms with Crippen LogP contribution < -0.4 is 5.11 Å². The summed E-state index contributed by atoms with van der Waals surface area (Å²) in [5.41, 5.74) is 0.852. The lowest BCUT2D eigenvalue weighted by atomic mass is 10.1. The van der Waals surface area contributed by atoms with Gasteiger partial charge >= 0.3 is 0 Å². The summed E-state index contributed by atoms with van der Waals surface area (Å²) < 4.78 is 0. The van der Waals surface area contributed by atoms with Gasteiger partial charge in [-0.25, -0.2) is 4.98 Å². The summed E-state index contributed by atoms with van der Waals surface area (Å²) in [6, 6.07) is 7.03. The zero-order valence-corrected chi connectivity index (χ0v) is 10.7. The first-order chi connectivity index (χ1) is 8.65. The third kappa shape index (κ3) is 3.48. The van der Waals surface area contributed by atoms with E-state index in [-0.39, 0.29) is 11.7 Å². The molecule has 94 valence electrons. The SMILES string of the molecule is O=C([O-])CC(Sc1ncn[nH]1)c1ccc(Cl)cc1. The third-order valence-electron chi connectivity index (χ3n) is 2.24. The van der Waals surface area contributed by atoms with Gasteiger partial charge in [-0.15, -0.1) is 0 Å². The molecule has 1 N–H and O–H groups in total. The summed E-state index contributed by atoms with van der Waals surface area (Å²) in [6.45, 7) is 0. The van der Waals surface area contributed by atoms with Crippen LogP contribution in [0.25, 0.3) is 0 Å². The predicted octanol–water partition coefficient (Wildman–Crippen LogP) is 1.43. The highest BCUT2D eigenvalue weighted by Crippen LogP contribution is 2.35. The van der Waals surface area contributed by atoms with Crippen LogP contribution in [0.5, 0.6) is 0 Å². The Morgan fingerprint density at radius 3 is 2.72 bits per heavy atom. The molecule has 0 aliphatic carbocycles. The molecular formula is C11H9ClN3O2S-. The quantitative estimate of drug-likeness (QED) is 0.839. The van der Waals surface area contributed by atoms with E-state index in [0.717, 1.165) is 5.56 Å². The summed E-state index contributed by atoms with van der Waals surface area (Å²) in [5, 5.41) is 18.1. The van der Waals surface area contributed by atoms with Crippen LogP contribution in [0.3, 0.4) is 0 Å².